The largest absolute Gasteiger partial charge is 0.491 e. The molecule has 4 nitrogen and oxygen atoms in total. The second-order valence-electron chi connectivity index (χ2n) is 5.42. The third-order valence-electron chi connectivity index (χ3n) is 3.97. The van der Waals surface area contributed by atoms with Gasteiger partial charge in [0.05, 0.1) is 13.7 Å². The summed E-state index contributed by atoms with van der Waals surface area (Å²) in [6.45, 7) is 4.31. The van der Waals surface area contributed by atoms with Crippen LogP contribution in [0.25, 0.3) is 10.9 Å². The van der Waals surface area contributed by atoms with E-state index in [1.165, 1.54) is 25.9 Å². The molecule has 0 saturated carbocycles. The Bertz CT molecular complexity index is 594. The zero-order chi connectivity index (χ0) is 14.5. The number of nitrogens with zero attached hydrogens (tertiary/aromatic N) is 2. The first kappa shape index (κ1) is 14.1. The molecule has 0 radical (unpaired) electrons. The molecule has 1 aromatic heterocycles. The van der Waals surface area contributed by atoms with Crippen LogP contribution in [0.15, 0.2) is 30.5 Å². The first-order chi connectivity index (χ1) is 10.4. The van der Waals surface area contributed by atoms with Crippen LogP contribution >= 0.6 is 0 Å². The lowest BCUT2D eigenvalue weighted by atomic mass is 10.2. The molecule has 2 aromatic rings. The topological polar surface area (TPSA) is 34.6 Å². The van der Waals surface area contributed by atoms with E-state index in [2.05, 4.69) is 9.88 Å². The van der Waals surface area contributed by atoms with Crippen LogP contribution in [0.3, 0.4) is 0 Å². The highest BCUT2D eigenvalue weighted by Gasteiger charge is 2.12. The number of fused-ring (bicyclic) bond motifs is 1. The molecule has 1 aliphatic rings. The summed E-state index contributed by atoms with van der Waals surface area (Å²) < 4.78 is 11.4. The van der Waals surface area contributed by atoms with Gasteiger partial charge in [0.25, 0.3) is 0 Å². The first-order valence-corrected chi connectivity index (χ1v) is 7.65. The van der Waals surface area contributed by atoms with Gasteiger partial charge in [-0.1, -0.05) is 6.07 Å². The highest BCUT2D eigenvalue weighted by atomic mass is 16.5. The fourth-order valence-corrected chi connectivity index (χ4v) is 2.89. The van der Waals surface area contributed by atoms with E-state index in [-0.39, 0.29) is 0 Å². The summed E-state index contributed by atoms with van der Waals surface area (Å²) in [5.41, 5.74) is 0.858. The van der Waals surface area contributed by atoms with Crippen LogP contribution in [0.4, 0.5) is 0 Å². The molecule has 1 fully saturated rings. The lowest BCUT2D eigenvalue weighted by Gasteiger charge is -2.15. The number of likely N-dealkylation sites (tertiary alicyclic amines) is 1. The van der Waals surface area contributed by atoms with Crippen LogP contribution < -0.4 is 9.47 Å². The molecular formula is C17H22N2O2. The lowest BCUT2D eigenvalue weighted by Crippen LogP contribution is -2.21. The Morgan fingerprint density at radius 3 is 2.86 bits per heavy atom. The van der Waals surface area contributed by atoms with Gasteiger partial charge < -0.3 is 14.4 Å². The van der Waals surface area contributed by atoms with E-state index in [0.717, 1.165) is 35.4 Å². The third kappa shape index (κ3) is 3.27. The first-order valence-electron chi connectivity index (χ1n) is 7.65. The van der Waals surface area contributed by atoms with Crippen LogP contribution in [0.5, 0.6) is 11.5 Å². The van der Waals surface area contributed by atoms with Gasteiger partial charge in [-0.15, -0.1) is 0 Å². The Kier molecular flexibility index (Phi) is 4.55. The van der Waals surface area contributed by atoms with E-state index < -0.39 is 0 Å². The summed E-state index contributed by atoms with van der Waals surface area (Å²) >= 11 is 0. The Morgan fingerprint density at radius 2 is 2.05 bits per heavy atom. The van der Waals surface area contributed by atoms with Crippen molar-refractivity contribution in [1.29, 1.82) is 0 Å². The second-order valence-corrected chi connectivity index (χ2v) is 5.42. The predicted molar refractivity (Wildman–Crippen MR) is 84.1 cm³/mol. The number of pyridine rings is 1. The van der Waals surface area contributed by atoms with Gasteiger partial charge >= 0.3 is 0 Å². The molecule has 0 N–H and O–H groups in total. The minimum atomic E-state index is 0.713. The number of ether oxygens (including phenoxy) is 2. The van der Waals surface area contributed by atoms with E-state index >= 15 is 0 Å². The summed E-state index contributed by atoms with van der Waals surface area (Å²) in [6.07, 6.45) is 5.50. The van der Waals surface area contributed by atoms with Crippen molar-refractivity contribution in [2.75, 3.05) is 33.4 Å². The molecular weight excluding hydrogens is 264 g/mol. The van der Waals surface area contributed by atoms with Crippen molar-refractivity contribution in [2.24, 2.45) is 0 Å². The average molecular weight is 286 g/mol. The van der Waals surface area contributed by atoms with Crippen LogP contribution in [-0.2, 0) is 0 Å². The molecule has 0 atom stereocenters. The predicted octanol–water partition coefficient (Wildman–Crippen LogP) is 3.11. The fraction of sp³-hybridized carbons (Fsp3) is 0.471. The van der Waals surface area contributed by atoms with Crippen molar-refractivity contribution in [2.45, 2.75) is 19.3 Å². The Morgan fingerprint density at radius 1 is 1.19 bits per heavy atom. The number of rotatable bonds is 6. The molecule has 3 rings (SSSR count). The Hall–Kier alpha value is -1.81. The summed E-state index contributed by atoms with van der Waals surface area (Å²) in [6, 6.07) is 7.96. The van der Waals surface area contributed by atoms with Crippen LogP contribution in [-0.4, -0.2) is 43.2 Å². The number of hydrogen-bond acceptors (Lipinski definition) is 4. The molecule has 21 heavy (non-hydrogen) atoms. The van der Waals surface area contributed by atoms with Crippen molar-refractivity contribution in [1.82, 2.24) is 9.88 Å². The SMILES string of the molecule is COc1c(OCCCN2CCCC2)ccc2cccnc12. The molecule has 0 spiro atoms. The highest BCUT2D eigenvalue weighted by molar-refractivity contribution is 5.86. The van der Waals surface area contributed by atoms with Gasteiger partial charge in [0.15, 0.2) is 11.5 Å². The maximum absolute atomic E-state index is 5.90. The van der Waals surface area contributed by atoms with Crippen molar-refractivity contribution < 1.29 is 9.47 Å². The maximum atomic E-state index is 5.90. The van der Waals surface area contributed by atoms with Crippen LogP contribution in [0.2, 0.25) is 0 Å². The minimum Gasteiger partial charge on any atom is -0.491 e. The quantitative estimate of drug-likeness (QED) is 0.764. The van der Waals surface area contributed by atoms with E-state index in [0.29, 0.717) is 6.61 Å². The molecule has 0 amide bonds. The lowest BCUT2D eigenvalue weighted by molar-refractivity contribution is 0.255. The number of methoxy groups -OCH3 is 1. The fourth-order valence-electron chi connectivity index (χ4n) is 2.89. The van der Waals surface area contributed by atoms with Gasteiger partial charge in [-0.05, 0) is 50.6 Å². The van der Waals surface area contributed by atoms with Crippen molar-refractivity contribution in [3.05, 3.63) is 30.5 Å². The molecule has 2 heterocycles. The van der Waals surface area contributed by atoms with E-state index in [9.17, 15) is 0 Å². The second kappa shape index (κ2) is 6.76. The number of hydrogen-bond donors (Lipinski definition) is 0. The zero-order valence-corrected chi connectivity index (χ0v) is 12.5. The van der Waals surface area contributed by atoms with Gasteiger partial charge in [0.2, 0.25) is 0 Å². The standard InChI is InChI=1S/C17H22N2O2/c1-20-17-15(8-7-14-6-4-9-18-16(14)17)21-13-5-12-19-10-2-3-11-19/h4,6-9H,2-3,5,10-13H2,1H3. The minimum absolute atomic E-state index is 0.713. The van der Waals surface area contributed by atoms with E-state index in [1.807, 2.05) is 24.3 Å². The number of benzene rings is 1. The van der Waals surface area contributed by atoms with Gasteiger partial charge in [0, 0.05) is 18.1 Å². The summed E-state index contributed by atoms with van der Waals surface area (Å²) in [5.74, 6) is 1.51. The molecule has 1 aliphatic heterocycles. The summed E-state index contributed by atoms with van der Waals surface area (Å²) in [5, 5.41) is 1.07. The Balaban J connectivity index is 1.63. The molecule has 1 aromatic carbocycles. The van der Waals surface area contributed by atoms with Gasteiger partial charge in [0.1, 0.15) is 5.52 Å². The van der Waals surface area contributed by atoms with Gasteiger partial charge in [-0.3, -0.25) is 4.98 Å². The van der Waals surface area contributed by atoms with Crippen molar-refractivity contribution in [3.63, 3.8) is 0 Å². The molecule has 0 aliphatic carbocycles. The van der Waals surface area contributed by atoms with E-state index in [1.54, 1.807) is 13.3 Å². The van der Waals surface area contributed by atoms with Crippen molar-refractivity contribution >= 4 is 10.9 Å². The monoisotopic (exact) mass is 286 g/mol. The van der Waals surface area contributed by atoms with Gasteiger partial charge in [-0.25, -0.2) is 0 Å². The molecule has 0 bridgehead atoms. The third-order valence-corrected chi connectivity index (χ3v) is 3.97. The smallest absolute Gasteiger partial charge is 0.187 e. The van der Waals surface area contributed by atoms with Crippen molar-refractivity contribution in [3.8, 4) is 11.5 Å². The number of aromatic nitrogens is 1. The highest BCUT2D eigenvalue weighted by Crippen LogP contribution is 2.34. The average Bonchev–Trinajstić information content (AvgIpc) is 3.04. The van der Waals surface area contributed by atoms with Gasteiger partial charge in [-0.2, -0.15) is 0 Å². The Labute approximate surface area is 125 Å². The molecule has 4 heteroatoms. The van der Waals surface area contributed by atoms with Crippen LogP contribution in [0.1, 0.15) is 19.3 Å². The zero-order valence-electron chi connectivity index (χ0n) is 12.5. The summed E-state index contributed by atoms with van der Waals surface area (Å²) in [4.78, 5) is 6.89. The molecule has 0 unspecified atom stereocenters. The molecule has 1 saturated heterocycles. The van der Waals surface area contributed by atoms with E-state index in [4.69, 9.17) is 9.47 Å². The summed E-state index contributed by atoms with van der Waals surface area (Å²) in [7, 11) is 1.67. The normalized spacial score (nSPS) is 15.5. The van der Waals surface area contributed by atoms with Crippen LogP contribution in [0, 0.1) is 0 Å². The molecule has 112 valence electrons. The maximum Gasteiger partial charge on any atom is 0.187 e.